The highest BCUT2D eigenvalue weighted by Crippen LogP contribution is 2.38. The van der Waals surface area contributed by atoms with Crippen LogP contribution in [0.2, 0.25) is 0 Å². The maximum absolute atomic E-state index is 13.1. The van der Waals surface area contributed by atoms with Crippen molar-refractivity contribution in [1.82, 2.24) is 10.2 Å². The summed E-state index contributed by atoms with van der Waals surface area (Å²) in [6.45, 7) is 1.67. The molecule has 3 rings (SSSR count). The van der Waals surface area contributed by atoms with Crippen LogP contribution >= 0.6 is 0 Å². The van der Waals surface area contributed by atoms with Gasteiger partial charge in [-0.05, 0) is 42.9 Å². The molecule has 28 heavy (non-hydrogen) atoms. The highest BCUT2D eigenvalue weighted by molar-refractivity contribution is 5.85. The maximum atomic E-state index is 13.1. The lowest BCUT2D eigenvalue weighted by atomic mass is 9.83. The zero-order valence-corrected chi connectivity index (χ0v) is 17.0. The quantitative estimate of drug-likeness (QED) is 0.744. The third-order valence-electron chi connectivity index (χ3n) is 6.05. The van der Waals surface area contributed by atoms with E-state index in [-0.39, 0.29) is 23.8 Å². The van der Waals surface area contributed by atoms with Crippen molar-refractivity contribution in [3.05, 3.63) is 29.8 Å². The van der Waals surface area contributed by atoms with Crippen LogP contribution in [-0.2, 0) is 14.3 Å². The van der Waals surface area contributed by atoms with Gasteiger partial charge in [-0.15, -0.1) is 0 Å². The van der Waals surface area contributed by atoms with Crippen molar-refractivity contribution >= 4 is 11.8 Å². The molecule has 154 valence electrons. The Hall–Kier alpha value is -2.08. The topological polar surface area (TPSA) is 67.9 Å². The second kappa shape index (κ2) is 9.92. The van der Waals surface area contributed by atoms with Gasteiger partial charge in [-0.3, -0.25) is 9.59 Å². The van der Waals surface area contributed by atoms with Gasteiger partial charge < -0.3 is 19.7 Å². The van der Waals surface area contributed by atoms with E-state index in [1.807, 2.05) is 29.2 Å². The van der Waals surface area contributed by atoms with E-state index in [2.05, 4.69) is 5.32 Å². The molecule has 0 aromatic heterocycles. The molecular weight excluding hydrogens is 356 g/mol. The maximum Gasteiger partial charge on any atom is 0.225 e. The molecule has 0 bridgehead atoms. The molecule has 6 heteroatoms. The predicted octanol–water partition coefficient (Wildman–Crippen LogP) is 2.93. The van der Waals surface area contributed by atoms with Crippen LogP contribution in [0.1, 0.15) is 50.1 Å². The van der Waals surface area contributed by atoms with Crippen molar-refractivity contribution in [2.24, 2.45) is 11.8 Å². The molecule has 2 aliphatic rings. The number of ether oxygens (including phenoxy) is 2. The minimum Gasteiger partial charge on any atom is -0.497 e. The number of nitrogens with zero attached hydrogens (tertiary/aromatic N) is 1. The number of benzene rings is 1. The van der Waals surface area contributed by atoms with E-state index in [9.17, 15) is 9.59 Å². The summed E-state index contributed by atoms with van der Waals surface area (Å²) in [5, 5.41) is 3.17. The number of piperidine rings is 1. The number of likely N-dealkylation sites (tertiary alicyclic amines) is 1. The molecule has 1 aromatic carbocycles. The van der Waals surface area contributed by atoms with Gasteiger partial charge >= 0.3 is 0 Å². The highest BCUT2D eigenvalue weighted by Gasteiger charge is 2.40. The zero-order valence-electron chi connectivity index (χ0n) is 17.0. The fourth-order valence-corrected chi connectivity index (χ4v) is 4.51. The van der Waals surface area contributed by atoms with Crippen LogP contribution in [0.4, 0.5) is 0 Å². The first kappa shape index (κ1) is 20.6. The Balaban J connectivity index is 1.82. The molecule has 1 aromatic rings. The van der Waals surface area contributed by atoms with E-state index >= 15 is 0 Å². The second-order valence-electron chi connectivity index (χ2n) is 7.84. The standard InChI is InChI=1S/C22H32N2O4/c1-27-13-12-24-20(25)11-10-19(22(26)23-15-16-6-3-4-7-16)21(24)17-8-5-9-18(14-17)28-2/h5,8-9,14,16,19,21H,3-4,6-7,10-13,15H2,1-2H3,(H,23,26)/t19-,21+/m1/s1. The minimum atomic E-state index is -0.296. The average molecular weight is 389 g/mol. The predicted molar refractivity (Wildman–Crippen MR) is 107 cm³/mol. The summed E-state index contributed by atoms with van der Waals surface area (Å²) < 4.78 is 10.6. The van der Waals surface area contributed by atoms with Crippen LogP contribution in [0.3, 0.4) is 0 Å². The van der Waals surface area contributed by atoms with Gasteiger partial charge in [0, 0.05) is 26.6 Å². The molecule has 1 heterocycles. The third-order valence-corrected chi connectivity index (χ3v) is 6.05. The summed E-state index contributed by atoms with van der Waals surface area (Å²) in [5.74, 6) is 1.18. The first-order valence-corrected chi connectivity index (χ1v) is 10.3. The van der Waals surface area contributed by atoms with Crippen molar-refractivity contribution in [3.63, 3.8) is 0 Å². The number of hydrogen-bond donors (Lipinski definition) is 1. The number of rotatable bonds is 8. The fourth-order valence-electron chi connectivity index (χ4n) is 4.51. The Kier molecular flexibility index (Phi) is 7.31. The fraction of sp³-hybridized carbons (Fsp3) is 0.636. The lowest BCUT2D eigenvalue weighted by molar-refractivity contribution is -0.144. The summed E-state index contributed by atoms with van der Waals surface area (Å²) in [5.41, 5.74) is 0.935. The van der Waals surface area contributed by atoms with Gasteiger partial charge in [-0.2, -0.15) is 0 Å². The molecule has 0 unspecified atom stereocenters. The molecule has 1 saturated heterocycles. The van der Waals surface area contributed by atoms with E-state index in [4.69, 9.17) is 9.47 Å². The number of hydrogen-bond acceptors (Lipinski definition) is 4. The highest BCUT2D eigenvalue weighted by atomic mass is 16.5. The molecule has 1 saturated carbocycles. The van der Waals surface area contributed by atoms with Gasteiger partial charge in [0.25, 0.3) is 0 Å². The summed E-state index contributed by atoms with van der Waals surface area (Å²) in [4.78, 5) is 27.6. The minimum absolute atomic E-state index is 0.0506. The van der Waals surface area contributed by atoms with E-state index in [0.717, 1.165) is 17.9 Å². The Labute approximate surface area is 167 Å². The van der Waals surface area contributed by atoms with Crippen molar-refractivity contribution in [1.29, 1.82) is 0 Å². The Morgan fingerprint density at radius 3 is 2.71 bits per heavy atom. The summed E-state index contributed by atoms with van der Waals surface area (Å²) in [6.07, 6.45) is 5.88. The molecule has 1 aliphatic carbocycles. The SMILES string of the molecule is COCCN1C(=O)CC[C@@H](C(=O)NCC2CCCC2)[C@@H]1c1cccc(OC)c1. The first-order valence-electron chi connectivity index (χ1n) is 10.3. The van der Waals surface area contributed by atoms with E-state index in [1.165, 1.54) is 25.7 Å². The Morgan fingerprint density at radius 2 is 2.00 bits per heavy atom. The molecule has 2 fully saturated rings. The smallest absolute Gasteiger partial charge is 0.225 e. The molecule has 6 nitrogen and oxygen atoms in total. The third kappa shape index (κ3) is 4.85. The summed E-state index contributed by atoms with van der Waals surface area (Å²) >= 11 is 0. The first-order chi connectivity index (χ1) is 13.6. The molecule has 2 atom stereocenters. The van der Waals surface area contributed by atoms with Crippen molar-refractivity contribution in [2.75, 3.05) is 33.9 Å². The monoisotopic (exact) mass is 388 g/mol. The van der Waals surface area contributed by atoms with E-state index in [1.54, 1.807) is 14.2 Å². The molecule has 2 amide bonds. The van der Waals surface area contributed by atoms with Crippen LogP contribution in [0.15, 0.2) is 24.3 Å². The number of nitrogens with one attached hydrogen (secondary N) is 1. The van der Waals surface area contributed by atoms with Gasteiger partial charge in [0.2, 0.25) is 11.8 Å². The summed E-state index contributed by atoms with van der Waals surface area (Å²) in [7, 11) is 3.25. The van der Waals surface area contributed by atoms with Crippen molar-refractivity contribution < 1.29 is 19.1 Å². The number of methoxy groups -OCH3 is 2. The van der Waals surface area contributed by atoms with Crippen molar-refractivity contribution in [3.8, 4) is 5.75 Å². The van der Waals surface area contributed by atoms with Crippen LogP contribution in [0, 0.1) is 11.8 Å². The number of carbonyl (C=O) groups excluding carboxylic acids is 2. The zero-order chi connectivity index (χ0) is 19.9. The lowest BCUT2D eigenvalue weighted by Crippen LogP contribution is -2.49. The van der Waals surface area contributed by atoms with Crippen LogP contribution in [0.5, 0.6) is 5.75 Å². The van der Waals surface area contributed by atoms with Gasteiger partial charge in [-0.25, -0.2) is 0 Å². The van der Waals surface area contributed by atoms with Crippen LogP contribution in [-0.4, -0.2) is 50.6 Å². The Morgan fingerprint density at radius 1 is 1.21 bits per heavy atom. The molecule has 1 aliphatic heterocycles. The average Bonchev–Trinajstić information content (AvgIpc) is 3.24. The lowest BCUT2D eigenvalue weighted by Gasteiger charge is -2.41. The van der Waals surface area contributed by atoms with Gasteiger partial charge in [0.1, 0.15) is 5.75 Å². The van der Waals surface area contributed by atoms with Gasteiger partial charge in [-0.1, -0.05) is 25.0 Å². The molecule has 0 radical (unpaired) electrons. The van der Waals surface area contributed by atoms with E-state index < -0.39 is 0 Å². The largest absolute Gasteiger partial charge is 0.497 e. The molecular formula is C22H32N2O4. The molecule has 0 spiro atoms. The van der Waals surface area contributed by atoms with Crippen LogP contribution < -0.4 is 10.1 Å². The van der Waals surface area contributed by atoms with E-state index in [0.29, 0.717) is 31.9 Å². The summed E-state index contributed by atoms with van der Waals surface area (Å²) in [6, 6.07) is 7.40. The number of carbonyl (C=O) groups is 2. The van der Waals surface area contributed by atoms with Gasteiger partial charge in [0.05, 0.1) is 25.7 Å². The van der Waals surface area contributed by atoms with Crippen LogP contribution in [0.25, 0.3) is 0 Å². The number of amides is 2. The van der Waals surface area contributed by atoms with Crippen molar-refractivity contribution in [2.45, 2.75) is 44.6 Å². The second-order valence-corrected chi connectivity index (χ2v) is 7.84. The molecule has 1 N–H and O–H groups in total. The Bertz CT molecular complexity index is 672. The normalized spacial score (nSPS) is 23.1. The van der Waals surface area contributed by atoms with Gasteiger partial charge in [0.15, 0.2) is 0 Å².